The van der Waals surface area contributed by atoms with E-state index in [0.29, 0.717) is 12.5 Å². The fourth-order valence-corrected chi connectivity index (χ4v) is 4.26. The number of fused-ring (bicyclic) bond motifs is 1. The molecule has 1 aliphatic rings. The summed E-state index contributed by atoms with van der Waals surface area (Å²) in [5, 5.41) is 11.2. The summed E-state index contributed by atoms with van der Waals surface area (Å²) < 4.78 is 2.34. The highest BCUT2D eigenvalue weighted by Crippen LogP contribution is 2.34. The van der Waals surface area contributed by atoms with E-state index >= 15 is 0 Å². The minimum absolute atomic E-state index is 0.132. The Kier molecular flexibility index (Phi) is 5.49. The van der Waals surface area contributed by atoms with Crippen molar-refractivity contribution in [3.05, 3.63) is 99.4 Å². The molecule has 3 aromatic rings. The fraction of sp³-hybridized carbons (Fsp3) is 0.333. The van der Waals surface area contributed by atoms with Gasteiger partial charge in [0, 0.05) is 43.7 Å². The number of hydrogen-bond acceptors (Lipinski definition) is 3. The first-order chi connectivity index (χ1) is 14.0. The third kappa shape index (κ3) is 4.10. The van der Waals surface area contributed by atoms with Crippen molar-refractivity contribution < 1.29 is 4.92 Å². The lowest BCUT2D eigenvalue weighted by Gasteiger charge is -2.31. The lowest BCUT2D eigenvalue weighted by Crippen LogP contribution is -2.29. The molecule has 0 saturated carbocycles. The van der Waals surface area contributed by atoms with Gasteiger partial charge in [-0.2, -0.15) is 0 Å². The van der Waals surface area contributed by atoms with Crippen LogP contribution in [0.2, 0.25) is 0 Å². The van der Waals surface area contributed by atoms with Gasteiger partial charge in [-0.3, -0.25) is 15.0 Å². The Morgan fingerprint density at radius 1 is 1.07 bits per heavy atom. The summed E-state index contributed by atoms with van der Waals surface area (Å²) in [5.74, 6) is 0.503. The van der Waals surface area contributed by atoms with E-state index in [-0.39, 0.29) is 16.7 Å². The Hall–Kier alpha value is -2.92. The summed E-state index contributed by atoms with van der Waals surface area (Å²) >= 11 is 0. The molecular formula is C24H27N3O2. The average molecular weight is 389 g/mol. The van der Waals surface area contributed by atoms with Gasteiger partial charge in [0.2, 0.25) is 0 Å². The Morgan fingerprint density at radius 3 is 2.59 bits per heavy atom. The maximum atomic E-state index is 11.2. The molecular weight excluding hydrogens is 362 g/mol. The second-order valence-corrected chi connectivity index (χ2v) is 8.10. The smallest absolute Gasteiger partial charge is 0.269 e. The molecule has 2 aromatic carbocycles. The van der Waals surface area contributed by atoms with Gasteiger partial charge in [0.25, 0.3) is 5.69 Å². The van der Waals surface area contributed by atoms with Gasteiger partial charge in [0.1, 0.15) is 0 Å². The van der Waals surface area contributed by atoms with Gasteiger partial charge in [-0.25, -0.2) is 0 Å². The first kappa shape index (κ1) is 19.4. The summed E-state index contributed by atoms with van der Waals surface area (Å²) in [7, 11) is 0. The Morgan fingerprint density at radius 2 is 1.86 bits per heavy atom. The molecule has 0 amide bonds. The van der Waals surface area contributed by atoms with Crippen molar-refractivity contribution in [1.82, 2.24) is 9.47 Å². The molecule has 0 spiro atoms. The van der Waals surface area contributed by atoms with Gasteiger partial charge in [-0.1, -0.05) is 50.2 Å². The molecule has 2 heterocycles. The Bertz CT molecular complexity index is 991. The van der Waals surface area contributed by atoms with Crippen LogP contribution in [0.15, 0.2) is 66.9 Å². The second-order valence-electron chi connectivity index (χ2n) is 8.10. The van der Waals surface area contributed by atoms with Crippen LogP contribution < -0.4 is 0 Å². The van der Waals surface area contributed by atoms with E-state index in [0.717, 1.165) is 25.1 Å². The topological polar surface area (TPSA) is 51.3 Å². The first-order valence-electron chi connectivity index (χ1n) is 10.2. The van der Waals surface area contributed by atoms with Crippen LogP contribution in [0, 0.1) is 10.1 Å². The summed E-state index contributed by atoms with van der Waals surface area (Å²) in [6.07, 6.45) is 3.21. The van der Waals surface area contributed by atoms with Gasteiger partial charge >= 0.3 is 0 Å². The predicted octanol–water partition coefficient (Wildman–Crippen LogP) is 5.52. The summed E-state index contributed by atoms with van der Waals surface area (Å²) in [6.45, 7) is 7.04. The molecule has 0 bridgehead atoms. The largest absolute Gasteiger partial charge is 0.350 e. The van der Waals surface area contributed by atoms with E-state index in [1.54, 1.807) is 18.2 Å². The number of rotatable bonds is 5. The summed E-state index contributed by atoms with van der Waals surface area (Å²) in [6, 6.07) is 20.4. The molecule has 1 aliphatic heterocycles. The first-order valence-corrected chi connectivity index (χ1v) is 10.2. The summed E-state index contributed by atoms with van der Waals surface area (Å²) in [5.41, 5.74) is 5.01. The zero-order chi connectivity index (χ0) is 20.4. The maximum Gasteiger partial charge on any atom is 0.269 e. The lowest BCUT2D eigenvalue weighted by molar-refractivity contribution is -0.384. The Labute approximate surface area is 171 Å². The van der Waals surface area contributed by atoms with Gasteiger partial charge < -0.3 is 4.57 Å². The van der Waals surface area contributed by atoms with Crippen LogP contribution in [0.3, 0.4) is 0 Å². The lowest BCUT2D eigenvalue weighted by atomic mass is 9.96. The van der Waals surface area contributed by atoms with Crippen LogP contribution in [0.5, 0.6) is 0 Å². The fourth-order valence-electron chi connectivity index (χ4n) is 4.26. The van der Waals surface area contributed by atoms with Crippen LogP contribution in [0.1, 0.15) is 54.6 Å². The molecule has 1 atom stereocenters. The number of nitrogens with zero attached hydrogens (tertiary/aromatic N) is 3. The monoisotopic (exact) mass is 389 g/mol. The highest BCUT2D eigenvalue weighted by atomic mass is 16.6. The molecule has 150 valence electrons. The van der Waals surface area contributed by atoms with Crippen molar-refractivity contribution in [3.63, 3.8) is 0 Å². The number of hydrogen-bond donors (Lipinski definition) is 0. The third-order valence-corrected chi connectivity index (χ3v) is 5.78. The number of nitro benzene ring substituents is 1. The van der Waals surface area contributed by atoms with Crippen LogP contribution in [0.4, 0.5) is 5.69 Å². The van der Waals surface area contributed by atoms with Gasteiger partial charge in [0.15, 0.2) is 0 Å². The number of aryl methyl sites for hydroxylation is 1. The zero-order valence-corrected chi connectivity index (χ0v) is 17.0. The summed E-state index contributed by atoms with van der Waals surface area (Å²) in [4.78, 5) is 13.3. The molecule has 5 heteroatoms. The molecule has 0 N–H and O–H groups in total. The SMILES string of the molecule is CC(C)c1ccc(C2c3cccn3CCCN2Cc2cccc([N+](=O)[O-])c2)cc1. The number of aromatic nitrogens is 1. The minimum Gasteiger partial charge on any atom is -0.350 e. The van der Waals surface area contributed by atoms with Gasteiger partial charge in [-0.15, -0.1) is 0 Å². The van der Waals surface area contributed by atoms with Crippen molar-refractivity contribution in [2.24, 2.45) is 0 Å². The molecule has 0 aliphatic carbocycles. The minimum atomic E-state index is -0.320. The number of nitro groups is 1. The molecule has 1 unspecified atom stereocenters. The van der Waals surface area contributed by atoms with Gasteiger partial charge in [0.05, 0.1) is 11.0 Å². The molecule has 0 fully saturated rings. The van der Waals surface area contributed by atoms with E-state index in [1.807, 2.05) is 6.07 Å². The van der Waals surface area contributed by atoms with Gasteiger partial charge in [-0.05, 0) is 41.2 Å². The van der Waals surface area contributed by atoms with E-state index in [2.05, 4.69) is 65.9 Å². The third-order valence-electron chi connectivity index (χ3n) is 5.78. The van der Waals surface area contributed by atoms with E-state index in [1.165, 1.54) is 16.8 Å². The highest BCUT2D eigenvalue weighted by Gasteiger charge is 2.27. The zero-order valence-electron chi connectivity index (χ0n) is 17.0. The quantitative estimate of drug-likeness (QED) is 0.427. The van der Waals surface area contributed by atoms with Crippen LogP contribution in [0.25, 0.3) is 0 Å². The number of benzene rings is 2. The van der Waals surface area contributed by atoms with Crippen molar-refractivity contribution in [2.75, 3.05) is 6.54 Å². The van der Waals surface area contributed by atoms with E-state index in [4.69, 9.17) is 0 Å². The number of non-ortho nitro benzene ring substituents is 1. The van der Waals surface area contributed by atoms with Crippen LogP contribution in [-0.4, -0.2) is 20.9 Å². The van der Waals surface area contributed by atoms with Crippen molar-refractivity contribution in [2.45, 2.75) is 45.3 Å². The average Bonchev–Trinajstić information content (AvgIpc) is 3.10. The molecule has 29 heavy (non-hydrogen) atoms. The maximum absolute atomic E-state index is 11.2. The normalized spacial score (nSPS) is 17.1. The van der Waals surface area contributed by atoms with Crippen LogP contribution >= 0.6 is 0 Å². The molecule has 5 nitrogen and oxygen atoms in total. The molecule has 0 saturated heterocycles. The highest BCUT2D eigenvalue weighted by molar-refractivity contribution is 5.36. The predicted molar refractivity (Wildman–Crippen MR) is 115 cm³/mol. The Balaban J connectivity index is 1.71. The molecule has 1 aromatic heterocycles. The van der Waals surface area contributed by atoms with Crippen molar-refractivity contribution in [3.8, 4) is 0 Å². The van der Waals surface area contributed by atoms with Crippen molar-refractivity contribution in [1.29, 1.82) is 0 Å². The second kappa shape index (κ2) is 8.21. The van der Waals surface area contributed by atoms with E-state index < -0.39 is 0 Å². The molecule has 4 rings (SSSR count). The van der Waals surface area contributed by atoms with E-state index in [9.17, 15) is 10.1 Å². The standard InChI is InChI=1S/C24H27N3O2/c1-18(2)20-9-11-21(12-10-20)24-23-8-4-13-25(23)14-5-15-26(24)17-19-6-3-7-22(16-19)27(28)29/h3-4,6-13,16,18,24H,5,14-15,17H2,1-2H3. The van der Waals surface area contributed by atoms with Crippen LogP contribution in [-0.2, 0) is 13.1 Å². The van der Waals surface area contributed by atoms with Crippen molar-refractivity contribution >= 4 is 5.69 Å². The molecule has 0 radical (unpaired) electrons.